The molecule has 3 aliphatic carbocycles. The van der Waals surface area contributed by atoms with Crippen LogP contribution in [-0.4, -0.2) is 0 Å². The second kappa shape index (κ2) is 3.28. The van der Waals surface area contributed by atoms with Crippen LogP contribution in [0.5, 0.6) is 0 Å². The van der Waals surface area contributed by atoms with Gasteiger partial charge in [0.15, 0.2) is 0 Å². The Morgan fingerprint density at radius 3 is 2.59 bits per heavy atom. The fraction of sp³-hybridized carbons (Fsp3) is 0.625. The first-order chi connectivity index (χ1) is 8.26. The number of fused-ring (bicyclic) bond motifs is 2. The molecular formula is C16H21N. The van der Waals surface area contributed by atoms with Crippen LogP contribution < -0.4 is 5.73 Å². The first-order valence-electron chi connectivity index (χ1n) is 7.12. The lowest BCUT2D eigenvalue weighted by Crippen LogP contribution is -2.36. The summed E-state index contributed by atoms with van der Waals surface area (Å²) >= 11 is 0. The van der Waals surface area contributed by atoms with Gasteiger partial charge in [0.25, 0.3) is 0 Å². The third-order valence-electron chi connectivity index (χ3n) is 5.82. The van der Waals surface area contributed by atoms with Gasteiger partial charge in [-0.2, -0.15) is 0 Å². The van der Waals surface area contributed by atoms with E-state index in [-0.39, 0.29) is 0 Å². The Labute approximate surface area is 103 Å². The molecular weight excluding hydrogens is 206 g/mol. The van der Waals surface area contributed by atoms with Crippen LogP contribution in [0.4, 0.5) is 5.69 Å². The van der Waals surface area contributed by atoms with Gasteiger partial charge in [0.1, 0.15) is 0 Å². The van der Waals surface area contributed by atoms with Gasteiger partial charge in [0.2, 0.25) is 0 Å². The highest BCUT2D eigenvalue weighted by Gasteiger charge is 2.54. The highest BCUT2D eigenvalue weighted by molar-refractivity contribution is 5.42. The number of hydrogen-bond acceptors (Lipinski definition) is 1. The summed E-state index contributed by atoms with van der Waals surface area (Å²) in [7, 11) is 0. The Hall–Kier alpha value is -0.980. The number of hydrogen-bond donors (Lipinski definition) is 1. The summed E-state index contributed by atoms with van der Waals surface area (Å²) in [5, 5.41) is 0. The smallest absolute Gasteiger partial charge is 0.0314 e. The molecule has 0 aliphatic heterocycles. The molecule has 3 fully saturated rings. The van der Waals surface area contributed by atoms with E-state index in [9.17, 15) is 0 Å². The molecule has 0 saturated heterocycles. The molecule has 90 valence electrons. The van der Waals surface area contributed by atoms with Crippen molar-refractivity contribution in [2.75, 3.05) is 5.73 Å². The largest absolute Gasteiger partial charge is 0.399 e. The number of anilines is 1. The van der Waals surface area contributed by atoms with Crippen LogP contribution in [0.15, 0.2) is 24.3 Å². The van der Waals surface area contributed by atoms with Crippen molar-refractivity contribution in [2.45, 2.75) is 43.9 Å². The fourth-order valence-electron chi connectivity index (χ4n) is 5.18. The summed E-state index contributed by atoms with van der Waals surface area (Å²) in [6.45, 7) is 0. The van der Waals surface area contributed by atoms with Gasteiger partial charge in [-0.1, -0.05) is 12.1 Å². The molecule has 0 radical (unpaired) electrons. The Kier molecular flexibility index (Phi) is 1.93. The van der Waals surface area contributed by atoms with E-state index in [1.165, 1.54) is 38.5 Å². The zero-order valence-electron chi connectivity index (χ0n) is 10.4. The normalized spacial score (nSPS) is 42.9. The standard InChI is InChI=1S/C16H21N/c17-15-3-1-13(2-4-15)16-6-5-11-7-12(10-16)9-14(16)8-11/h1-4,11-12,14H,5-10,17H2/t11-,12?,14-,16+/m0/s1. The highest BCUT2D eigenvalue weighted by Crippen LogP contribution is 2.62. The molecule has 0 aromatic heterocycles. The number of rotatable bonds is 1. The molecule has 0 heterocycles. The van der Waals surface area contributed by atoms with E-state index in [4.69, 9.17) is 5.73 Å². The van der Waals surface area contributed by atoms with Crippen LogP contribution in [0.3, 0.4) is 0 Å². The Balaban J connectivity index is 1.78. The molecule has 1 aromatic rings. The van der Waals surface area contributed by atoms with Gasteiger partial charge in [0.05, 0.1) is 0 Å². The maximum absolute atomic E-state index is 5.83. The fourth-order valence-corrected chi connectivity index (χ4v) is 5.18. The summed E-state index contributed by atoms with van der Waals surface area (Å²) in [6.07, 6.45) is 8.88. The molecule has 17 heavy (non-hydrogen) atoms. The summed E-state index contributed by atoms with van der Waals surface area (Å²) in [5.41, 5.74) is 8.85. The van der Waals surface area contributed by atoms with Gasteiger partial charge in [-0.15, -0.1) is 0 Å². The van der Waals surface area contributed by atoms with Gasteiger partial charge >= 0.3 is 0 Å². The molecule has 0 amide bonds. The average Bonchev–Trinajstić information content (AvgIpc) is 2.50. The predicted molar refractivity (Wildman–Crippen MR) is 70.7 cm³/mol. The van der Waals surface area contributed by atoms with Crippen molar-refractivity contribution in [2.24, 2.45) is 17.8 Å². The molecule has 2 N–H and O–H groups in total. The molecule has 1 heteroatoms. The number of benzene rings is 1. The third kappa shape index (κ3) is 1.31. The predicted octanol–water partition coefficient (Wildman–Crippen LogP) is 3.74. The SMILES string of the molecule is Nc1ccc([C@]23CC[C@H]4CC(C[C@@H]2C4)C3)cc1. The maximum atomic E-state index is 5.83. The number of nitrogen functional groups attached to an aromatic ring is 1. The summed E-state index contributed by atoms with van der Waals surface area (Å²) in [4.78, 5) is 0. The van der Waals surface area contributed by atoms with Gasteiger partial charge in [0, 0.05) is 5.69 Å². The van der Waals surface area contributed by atoms with Crippen LogP contribution in [0.25, 0.3) is 0 Å². The topological polar surface area (TPSA) is 26.0 Å². The molecule has 3 bridgehead atoms. The minimum absolute atomic E-state index is 0.533. The van der Waals surface area contributed by atoms with Crippen LogP contribution >= 0.6 is 0 Å². The number of nitrogens with two attached hydrogens (primary N) is 1. The summed E-state index contributed by atoms with van der Waals surface area (Å²) in [5.74, 6) is 3.06. The van der Waals surface area contributed by atoms with Crippen molar-refractivity contribution >= 4 is 5.69 Å². The van der Waals surface area contributed by atoms with Crippen LogP contribution in [0.2, 0.25) is 0 Å². The second-order valence-corrected chi connectivity index (χ2v) is 6.66. The molecule has 4 atom stereocenters. The van der Waals surface area contributed by atoms with Crippen molar-refractivity contribution in [3.05, 3.63) is 29.8 Å². The van der Waals surface area contributed by atoms with Gasteiger partial charge in [-0.3, -0.25) is 0 Å². The first kappa shape index (κ1) is 9.99. The van der Waals surface area contributed by atoms with Gasteiger partial charge in [-0.25, -0.2) is 0 Å². The Bertz CT molecular complexity index is 435. The molecule has 3 aliphatic rings. The minimum atomic E-state index is 0.533. The highest BCUT2D eigenvalue weighted by atomic mass is 14.6. The average molecular weight is 227 g/mol. The van der Waals surface area contributed by atoms with E-state index in [0.717, 1.165) is 23.4 Å². The molecule has 3 saturated carbocycles. The second-order valence-electron chi connectivity index (χ2n) is 6.66. The Morgan fingerprint density at radius 1 is 1.00 bits per heavy atom. The van der Waals surface area contributed by atoms with E-state index in [1.54, 1.807) is 5.56 Å². The van der Waals surface area contributed by atoms with E-state index in [0.29, 0.717) is 5.41 Å². The summed E-state index contributed by atoms with van der Waals surface area (Å²) < 4.78 is 0. The summed E-state index contributed by atoms with van der Waals surface area (Å²) in [6, 6.07) is 8.80. The van der Waals surface area contributed by atoms with Crippen molar-refractivity contribution in [1.82, 2.24) is 0 Å². The lowest BCUT2D eigenvalue weighted by atomic mass is 9.62. The van der Waals surface area contributed by atoms with E-state index in [1.807, 2.05) is 0 Å². The molecule has 0 spiro atoms. The van der Waals surface area contributed by atoms with E-state index in [2.05, 4.69) is 24.3 Å². The molecule has 1 unspecified atom stereocenters. The monoisotopic (exact) mass is 227 g/mol. The van der Waals surface area contributed by atoms with E-state index >= 15 is 0 Å². The van der Waals surface area contributed by atoms with Gasteiger partial charge < -0.3 is 5.73 Å². The lowest BCUT2D eigenvalue weighted by Gasteiger charge is -2.43. The lowest BCUT2D eigenvalue weighted by molar-refractivity contribution is 0.150. The van der Waals surface area contributed by atoms with Crippen LogP contribution in [0, 0.1) is 17.8 Å². The quantitative estimate of drug-likeness (QED) is 0.727. The molecule has 1 nitrogen and oxygen atoms in total. The molecule has 1 aromatic carbocycles. The minimum Gasteiger partial charge on any atom is -0.399 e. The maximum Gasteiger partial charge on any atom is 0.0314 e. The van der Waals surface area contributed by atoms with Crippen molar-refractivity contribution in [3.63, 3.8) is 0 Å². The molecule has 4 rings (SSSR count). The van der Waals surface area contributed by atoms with Crippen LogP contribution in [0.1, 0.15) is 44.1 Å². The van der Waals surface area contributed by atoms with Crippen LogP contribution in [-0.2, 0) is 5.41 Å². The third-order valence-corrected chi connectivity index (χ3v) is 5.82. The zero-order valence-corrected chi connectivity index (χ0v) is 10.4. The first-order valence-corrected chi connectivity index (χ1v) is 7.12. The van der Waals surface area contributed by atoms with Crippen molar-refractivity contribution in [1.29, 1.82) is 0 Å². The zero-order chi connectivity index (χ0) is 11.5. The van der Waals surface area contributed by atoms with Gasteiger partial charge in [-0.05, 0) is 79.4 Å². The van der Waals surface area contributed by atoms with Crippen molar-refractivity contribution in [3.8, 4) is 0 Å². The Morgan fingerprint density at radius 2 is 1.76 bits per heavy atom. The van der Waals surface area contributed by atoms with Crippen molar-refractivity contribution < 1.29 is 0 Å². The van der Waals surface area contributed by atoms with E-state index < -0.39 is 0 Å².